The molecule has 12 atom stereocenters. The lowest BCUT2D eigenvalue weighted by atomic mass is 9.51. The summed E-state index contributed by atoms with van der Waals surface area (Å²) in [5, 5.41) is 72.4. The van der Waals surface area contributed by atoms with Crippen LogP contribution in [0.1, 0.15) is 156 Å². The normalized spacial score (nSPS) is 33.8. The molecule has 1 amide bonds. The number of allylic oxidation sites excluding steroid dienone is 6. The Bertz CT molecular complexity index is 3280. The van der Waals surface area contributed by atoms with Crippen molar-refractivity contribution in [2.75, 3.05) is 32.8 Å². The van der Waals surface area contributed by atoms with E-state index in [-0.39, 0.29) is 56.3 Å². The van der Waals surface area contributed by atoms with Crippen molar-refractivity contribution >= 4 is 17.6 Å². The predicted octanol–water partition coefficient (Wildman–Crippen LogP) is 8.08. The van der Waals surface area contributed by atoms with Gasteiger partial charge in [0.25, 0.3) is 0 Å². The summed E-state index contributed by atoms with van der Waals surface area (Å²) in [4.78, 5) is 34.1. The molecule has 3 saturated carbocycles. The number of aliphatic imine (C=N–C) groups is 1. The Labute approximate surface area is 514 Å². The number of hydrogen-bond donors (Lipinski definition) is 11. The van der Waals surface area contributed by atoms with Gasteiger partial charge in [-0.25, -0.2) is 0 Å². The number of ketones is 1. The summed E-state index contributed by atoms with van der Waals surface area (Å²) in [7, 11) is 0. The summed E-state index contributed by atoms with van der Waals surface area (Å²) < 4.78 is 6.43. The third-order valence-corrected chi connectivity index (χ3v) is 20.9. The minimum absolute atomic E-state index is 0.0200. The van der Waals surface area contributed by atoms with Gasteiger partial charge in [0.2, 0.25) is 5.91 Å². The zero-order valence-corrected chi connectivity index (χ0v) is 51.2. The van der Waals surface area contributed by atoms with E-state index >= 15 is 4.79 Å². The minimum Gasteiger partial charge on any atom is -0.508 e. The number of amides is 1. The number of fused-ring (bicyclic) bond motifs is 6. The summed E-state index contributed by atoms with van der Waals surface area (Å²) in [5.41, 5.74) is 24.7. The van der Waals surface area contributed by atoms with Gasteiger partial charge in [-0.15, -0.1) is 0 Å². The van der Waals surface area contributed by atoms with Crippen molar-refractivity contribution in [1.82, 2.24) is 16.0 Å². The van der Waals surface area contributed by atoms with E-state index < -0.39 is 70.6 Å². The number of phenolic OH excluding ortho intramolecular Hbond substituents is 1. The highest BCUT2D eigenvalue weighted by Gasteiger charge is 2.68. The second-order valence-electron chi connectivity index (χ2n) is 26.5. The number of phenols is 1. The maximum absolute atomic E-state index is 15.4. The fraction of sp³-hybridized carbons (Fsp3) is 0.514. The van der Waals surface area contributed by atoms with Crippen LogP contribution < -0.4 is 33.2 Å². The molecule has 3 heterocycles. The monoisotopic (exact) mass is 1180 g/mol. The maximum atomic E-state index is 15.4. The molecule has 4 bridgehead atoms. The number of rotatable bonds is 7. The van der Waals surface area contributed by atoms with Crippen LogP contribution in [0.15, 0.2) is 142 Å². The Hall–Kier alpha value is -6.45. The van der Waals surface area contributed by atoms with Crippen LogP contribution in [0.3, 0.4) is 0 Å². The third kappa shape index (κ3) is 13.9. The topological polar surface area (TPSA) is 271 Å². The molecule has 0 radical (unpaired) electrons. The molecule has 87 heavy (non-hydrogen) atoms. The van der Waals surface area contributed by atoms with Crippen LogP contribution in [0.4, 0.5) is 0 Å². The van der Waals surface area contributed by atoms with Crippen molar-refractivity contribution in [2.45, 2.75) is 172 Å². The van der Waals surface area contributed by atoms with Crippen molar-refractivity contribution in [3.63, 3.8) is 0 Å². The van der Waals surface area contributed by atoms with E-state index in [9.17, 15) is 30.3 Å². The molecule has 15 nitrogen and oxygen atoms in total. The number of aliphatic hydroxyl groups is 4. The molecular formula is C72H93N7O8. The van der Waals surface area contributed by atoms with E-state index in [1.165, 1.54) is 37.7 Å². The Balaban J connectivity index is 1.03. The molecule has 4 aliphatic carbocycles. The number of ether oxygens (including phenoxy) is 1. The molecule has 10 rings (SSSR count). The van der Waals surface area contributed by atoms with E-state index in [1.54, 1.807) is 24.3 Å². The van der Waals surface area contributed by atoms with Crippen LogP contribution in [0.5, 0.6) is 5.75 Å². The quantitative estimate of drug-likeness (QED) is 0.0463. The number of carbonyl (C=O) groups is 2. The number of aliphatic hydroxyl groups excluding tert-OH is 3. The van der Waals surface area contributed by atoms with E-state index in [4.69, 9.17) is 21.9 Å². The maximum Gasteiger partial charge on any atom is 0.243 e. The number of aromatic hydroxyl groups is 1. The Morgan fingerprint density at radius 2 is 1.69 bits per heavy atom. The lowest BCUT2D eigenvalue weighted by molar-refractivity contribution is -0.174. The van der Waals surface area contributed by atoms with Gasteiger partial charge in [0, 0.05) is 48.7 Å². The van der Waals surface area contributed by atoms with Gasteiger partial charge in [-0.3, -0.25) is 19.9 Å². The minimum atomic E-state index is -1.41. The molecule has 14 N–H and O–H groups in total. The number of benzene rings is 3. The highest BCUT2D eigenvalue weighted by molar-refractivity contribution is 5.98. The van der Waals surface area contributed by atoms with Gasteiger partial charge in [0.15, 0.2) is 11.7 Å². The number of carbonyl (C=O) groups excluding carboxylic acids is 2. The van der Waals surface area contributed by atoms with E-state index in [2.05, 4.69) is 76.7 Å². The molecule has 3 aromatic rings. The largest absolute Gasteiger partial charge is 0.508 e. The SMILES string of the molecule is C=C1/C=C2\C=C[C@@]3(CC[C@@]4([C@@H]5CC[C@H](O)Cc6cccc(c6)C[C@@H]([C@H](CN=C(N)N)c6ccc(O)cc6)[C@H](O)CN[C@H]6C(=O)N[C@H](N)c7cccc(c76)CC(=O)/C(C)=C/5CC[C@@]4(C)O)[C@@H]3O)C(=C2)COCC#CC/C(C)=C/C[C@H]1NCC1CCCCC1. The summed E-state index contributed by atoms with van der Waals surface area (Å²) in [5.74, 6) is 5.01. The fourth-order valence-electron chi connectivity index (χ4n) is 15.9. The number of hydrogen-bond acceptors (Lipinski definition) is 12. The first-order chi connectivity index (χ1) is 41.8. The first-order valence-electron chi connectivity index (χ1n) is 31.8. The van der Waals surface area contributed by atoms with Crippen molar-refractivity contribution in [1.29, 1.82) is 0 Å². The third-order valence-electron chi connectivity index (χ3n) is 20.9. The van der Waals surface area contributed by atoms with Crippen LogP contribution in [0, 0.1) is 40.4 Å². The number of β-amino-alcohol motifs (C(OH)–C–C–N with tert-alkyl or cyclic N) is 1. The lowest BCUT2D eigenvalue weighted by Crippen LogP contribution is -2.61. The summed E-state index contributed by atoms with van der Waals surface area (Å²) >= 11 is 0. The van der Waals surface area contributed by atoms with Gasteiger partial charge >= 0.3 is 0 Å². The number of guanidine groups is 1. The van der Waals surface area contributed by atoms with Gasteiger partial charge in [0.1, 0.15) is 24.6 Å². The highest BCUT2D eigenvalue weighted by atomic mass is 16.5. The van der Waals surface area contributed by atoms with Gasteiger partial charge < -0.3 is 58.1 Å². The smallest absolute Gasteiger partial charge is 0.243 e. The van der Waals surface area contributed by atoms with Crippen molar-refractivity contribution in [3.05, 3.63) is 171 Å². The summed E-state index contributed by atoms with van der Waals surface area (Å²) in [6.45, 7) is 11.9. The molecular weight excluding hydrogens is 1090 g/mol. The van der Waals surface area contributed by atoms with Gasteiger partial charge in [-0.1, -0.05) is 134 Å². The second kappa shape index (κ2) is 27.5. The fourth-order valence-corrected chi connectivity index (χ4v) is 15.9. The van der Waals surface area contributed by atoms with Crippen LogP contribution >= 0.6 is 0 Å². The zero-order valence-electron chi connectivity index (χ0n) is 51.2. The molecule has 464 valence electrons. The summed E-state index contributed by atoms with van der Waals surface area (Å²) in [6.07, 6.45) is 17.4. The lowest BCUT2D eigenvalue weighted by Gasteiger charge is -2.57. The molecule has 0 saturated heterocycles. The van der Waals surface area contributed by atoms with Gasteiger partial charge in [-0.2, -0.15) is 0 Å². The van der Waals surface area contributed by atoms with Crippen LogP contribution in [0.2, 0.25) is 0 Å². The molecule has 3 aromatic carbocycles. The molecule has 15 heteroatoms. The number of Topliss-reactive ketones (excluding diaryl/α,β-unsaturated/α-hetero) is 1. The number of nitrogens with one attached hydrogen (secondary N) is 3. The Morgan fingerprint density at radius 3 is 2.46 bits per heavy atom. The molecule has 7 aliphatic rings. The predicted molar refractivity (Wildman–Crippen MR) is 342 cm³/mol. The van der Waals surface area contributed by atoms with Crippen LogP contribution in [-0.2, 0) is 33.6 Å². The van der Waals surface area contributed by atoms with E-state index in [0.29, 0.717) is 86.0 Å². The Kier molecular flexibility index (Phi) is 20.1. The number of nitrogens with zero attached hydrogens (tertiary/aromatic N) is 1. The standard InChI is InChI=1S/C72H93N7O8/c1-44-12-8-9-33-87-43-53-36-50(34-45(2)61(26-19-44)76-40-47-13-6-5-7-14-47)27-30-71(53)31-32-72(68(71)85)60-25-24-55(81)37-48-15-10-16-49(35-48)38-58(59(41-78-69(74)75)51-20-22-54(80)23-21-51)63(83)42-77-65-64-52(17-11-18-57(64)66(73)79-67(65)84)39-62(82)46(3)56(60)28-29-70(72,4)86/h10-11,15-23,27,30,34-36,47,55,58-61,63,65-66,68,76-77,80-81,83,85-86H,2,5-7,12-14,24-26,28-29,31-33,37-43,73H2,1,3-4H3,(H,79,84)(H4,74,75,78)/b44-19+,50-34+,56-46+/t55-,58-,59+,60+,61+,63+,65+,66-,68+,70+,71+,72+/m0/s1. The molecule has 3 fully saturated rings. The zero-order chi connectivity index (χ0) is 61.6. The second-order valence-corrected chi connectivity index (χ2v) is 26.5. The van der Waals surface area contributed by atoms with Crippen molar-refractivity contribution in [3.8, 4) is 17.6 Å². The van der Waals surface area contributed by atoms with E-state index in [1.807, 2.05) is 56.3 Å². The number of nitrogens with two attached hydrogens (primary N) is 3. The van der Waals surface area contributed by atoms with Gasteiger partial charge in [0.05, 0.1) is 30.5 Å². The van der Waals surface area contributed by atoms with Crippen molar-refractivity contribution in [2.24, 2.45) is 50.8 Å². The average Bonchev–Trinajstić information content (AvgIpc) is 1.59. The van der Waals surface area contributed by atoms with E-state index in [0.717, 1.165) is 51.9 Å². The van der Waals surface area contributed by atoms with Gasteiger partial charge in [-0.05, 0) is 184 Å². The highest BCUT2D eigenvalue weighted by Crippen LogP contribution is 2.67. The molecule has 3 aliphatic heterocycles. The molecule has 0 unspecified atom stereocenters. The first-order valence-corrected chi connectivity index (χ1v) is 31.8. The Morgan fingerprint density at radius 1 is 0.931 bits per heavy atom. The summed E-state index contributed by atoms with van der Waals surface area (Å²) in [6, 6.07) is 19.3. The van der Waals surface area contributed by atoms with Crippen molar-refractivity contribution < 1.29 is 39.9 Å². The average molecular weight is 1180 g/mol. The molecule has 0 aromatic heterocycles. The first kappa shape index (κ1) is 63.6. The molecule has 2 spiro atoms. The van der Waals surface area contributed by atoms with Crippen LogP contribution in [0.25, 0.3) is 0 Å². The van der Waals surface area contributed by atoms with Crippen LogP contribution in [-0.4, -0.2) is 106 Å².